The average Bonchev–Trinajstić information content (AvgIpc) is 2.39. The summed E-state index contributed by atoms with van der Waals surface area (Å²) in [6.07, 6.45) is 0.681. The lowest BCUT2D eigenvalue weighted by Crippen LogP contribution is -2.46. The summed E-state index contributed by atoms with van der Waals surface area (Å²) in [4.78, 5) is 23.1. The molecular weight excluding hydrogens is 256 g/mol. The van der Waals surface area contributed by atoms with Crippen molar-refractivity contribution >= 4 is 17.7 Å². The molecule has 2 atom stereocenters. The molecule has 0 fully saturated rings. The molecule has 1 aromatic carbocycles. The number of carbonyl (C=O) groups is 2. The summed E-state index contributed by atoms with van der Waals surface area (Å²) in [5.41, 5.74) is 2.60. The molecule has 0 aliphatic rings. The molecule has 0 radical (unpaired) electrons. The molecule has 1 rings (SSSR count). The number of benzene rings is 1. The van der Waals surface area contributed by atoms with Crippen LogP contribution in [0, 0.1) is 19.8 Å². The Morgan fingerprint density at radius 1 is 1.25 bits per heavy atom. The minimum atomic E-state index is -1.02. The molecule has 0 aliphatic carbocycles. The Labute approximate surface area is 119 Å². The van der Waals surface area contributed by atoms with E-state index in [-0.39, 0.29) is 5.92 Å². The summed E-state index contributed by atoms with van der Waals surface area (Å²) in [6.45, 7) is 7.49. The third kappa shape index (κ3) is 3.98. The molecule has 5 heteroatoms. The van der Waals surface area contributed by atoms with E-state index in [1.165, 1.54) is 0 Å². The van der Waals surface area contributed by atoms with Crippen LogP contribution in [0.5, 0.6) is 0 Å². The maximum absolute atomic E-state index is 12.0. The van der Waals surface area contributed by atoms with Gasteiger partial charge < -0.3 is 15.7 Å². The second-order valence-electron chi connectivity index (χ2n) is 5.07. The van der Waals surface area contributed by atoms with Gasteiger partial charge >= 0.3 is 12.0 Å². The number of carboxylic acid groups (broad SMARTS) is 1. The van der Waals surface area contributed by atoms with E-state index in [1.54, 1.807) is 6.92 Å². The first-order chi connectivity index (χ1) is 9.36. The number of hydrogen-bond donors (Lipinski definition) is 3. The van der Waals surface area contributed by atoms with Gasteiger partial charge in [0.1, 0.15) is 6.04 Å². The molecule has 0 saturated carbocycles. The first-order valence-corrected chi connectivity index (χ1v) is 6.73. The van der Waals surface area contributed by atoms with E-state index in [1.807, 2.05) is 39.0 Å². The Hall–Kier alpha value is -2.04. The van der Waals surface area contributed by atoms with Crippen molar-refractivity contribution in [2.75, 3.05) is 5.32 Å². The third-order valence-corrected chi connectivity index (χ3v) is 3.49. The number of para-hydroxylation sites is 1. The maximum Gasteiger partial charge on any atom is 0.326 e. The van der Waals surface area contributed by atoms with E-state index in [4.69, 9.17) is 5.11 Å². The highest BCUT2D eigenvalue weighted by atomic mass is 16.4. The molecule has 0 heterocycles. The van der Waals surface area contributed by atoms with E-state index < -0.39 is 18.0 Å². The largest absolute Gasteiger partial charge is 0.480 e. The Bertz CT molecular complexity index is 480. The van der Waals surface area contributed by atoms with Crippen LogP contribution in [0.2, 0.25) is 0 Å². The molecule has 20 heavy (non-hydrogen) atoms. The maximum atomic E-state index is 12.0. The lowest BCUT2D eigenvalue weighted by Gasteiger charge is -2.21. The molecule has 110 valence electrons. The Kier molecular flexibility index (Phi) is 5.55. The molecule has 0 bridgehead atoms. The van der Waals surface area contributed by atoms with Crippen molar-refractivity contribution in [3.05, 3.63) is 29.3 Å². The van der Waals surface area contributed by atoms with Crippen LogP contribution >= 0.6 is 0 Å². The van der Waals surface area contributed by atoms with Gasteiger partial charge in [0.25, 0.3) is 0 Å². The van der Waals surface area contributed by atoms with E-state index >= 15 is 0 Å². The van der Waals surface area contributed by atoms with Gasteiger partial charge in [0.05, 0.1) is 0 Å². The molecule has 3 N–H and O–H groups in total. The number of amides is 2. The SMILES string of the molecule is CCC(C)[C@H](NC(=O)Nc1c(C)cccc1C)C(=O)O. The van der Waals surface area contributed by atoms with Crippen molar-refractivity contribution < 1.29 is 14.7 Å². The van der Waals surface area contributed by atoms with Gasteiger partial charge in [-0.3, -0.25) is 0 Å². The predicted molar refractivity (Wildman–Crippen MR) is 78.9 cm³/mol. The number of urea groups is 1. The molecule has 1 unspecified atom stereocenters. The van der Waals surface area contributed by atoms with Crippen LogP contribution in [0.15, 0.2) is 18.2 Å². The number of carbonyl (C=O) groups excluding carboxylic acids is 1. The highest BCUT2D eigenvalue weighted by Gasteiger charge is 2.25. The fourth-order valence-corrected chi connectivity index (χ4v) is 1.99. The molecule has 1 aromatic rings. The van der Waals surface area contributed by atoms with Crippen LogP contribution in [0.25, 0.3) is 0 Å². The van der Waals surface area contributed by atoms with E-state index in [2.05, 4.69) is 10.6 Å². The van der Waals surface area contributed by atoms with Gasteiger partial charge in [0.2, 0.25) is 0 Å². The van der Waals surface area contributed by atoms with Crippen LogP contribution in [0.4, 0.5) is 10.5 Å². The average molecular weight is 278 g/mol. The van der Waals surface area contributed by atoms with Crippen molar-refractivity contribution in [1.82, 2.24) is 5.32 Å². The number of rotatable bonds is 5. The van der Waals surface area contributed by atoms with Gasteiger partial charge in [-0.2, -0.15) is 0 Å². The monoisotopic (exact) mass is 278 g/mol. The van der Waals surface area contributed by atoms with Gasteiger partial charge in [0.15, 0.2) is 0 Å². The molecule has 0 spiro atoms. The summed E-state index contributed by atoms with van der Waals surface area (Å²) in [6, 6.07) is 4.32. The quantitative estimate of drug-likeness (QED) is 0.775. The number of aryl methyl sites for hydroxylation is 2. The van der Waals surface area contributed by atoms with Crippen LogP contribution in [-0.4, -0.2) is 23.1 Å². The van der Waals surface area contributed by atoms with Crippen LogP contribution in [0.1, 0.15) is 31.4 Å². The van der Waals surface area contributed by atoms with E-state index in [0.717, 1.165) is 16.8 Å². The topological polar surface area (TPSA) is 78.4 Å². The van der Waals surface area contributed by atoms with Crippen molar-refractivity contribution in [1.29, 1.82) is 0 Å². The summed E-state index contributed by atoms with van der Waals surface area (Å²) in [5, 5.41) is 14.4. The molecular formula is C15H22N2O3. The highest BCUT2D eigenvalue weighted by Crippen LogP contribution is 2.19. The van der Waals surface area contributed by atoms with Gasteiger partial charge in [-0.15, -0.1) is 0 Å². The molecule has 2 amide bonds. The first kappa shape index (κ1) is 16.0. The molecule has 0 aliphatic heterocycles. The number of hydrogen-bond acceptors (Lipinski definition) is 2. The lowest BCUT2D eigenvalue weighted by molar-refractivity contribution is -0.140. The van der Waals surface area contributed by atoms with Gasteiger partial charge in [0, 0.05) is 5.69 Å². The summed E-state index contributed by atoms with van der Waals surface area (Å²) >= 11 is 0. The summed E-state index contributed by atoms with van der Waals surface area (Å²) in [5.74, 6) is -1.15. The standard InChI is InChI=1S/C15H22N2O3/c1-5-9(2)13(14(18)19)17-15(20)16-12-10(3)7-6-8-11(12)4/h6-9,13H,5H2,1-4H3,(H,18,19)(H2,16,17,20)/t9?,13-/m0/s1. The zero-order chi connectivity index (χ0) is 15.3. The zero-order valence-electron chi connectivity index (χ0n) is 12.4. The van der Waals surface area contributed by atoms with Gasteiger partial charge in [-0.05, 0) is 30.9 Å². The smallest absolute Gasteiger partial charge is 0.326 e. The van der Waals surface area contributed by atoms with E-state index in [0.29, 0.717) is 6.42 Å². The number of carboxylic acids is 1. The van der Waals surface area contributed by atoms with Gasteiger partial charge in [-0.25, -0.2) is 9.59 Å². The lowest BCUT2D eigenvalue weighted by atomic mass is 9.99. The van der Waals surface area contributed by atoms with Crippen molar-refractivity contribution in [2.24, 2.45) is 5.92 Å². The van der Waals surface area contributed by atoms with Crippen molar-refractivity contribution in [2.45, 2.75) is 40.2 Å². The first-order valence-electron chi connectivity index (χ1n) is 6.73. The Balaban J connectivity index is 2.79. The second kappa shape index (κ2) is 6.93. The molecule has 0 saturated heterocycles. The molecule has 5 nitrogen and oxygen atoms in total. The number of aliphatic carboxylic acids is 1. The fourth-order valence-electron chi connectivity index (χ4n) is 1.99. The number of anilines is 1. The third-order valence-electron chi connectivity index (χ3n) is 3.49. The van der Waals surface area contributed by atoms with Crippen molar-refractivity contribution in [3.63, 3.8) is 0 Å². The fraction of sp³-hybridized carbons (Fsp3) is 0.467. The van der Waals surface area contributed by atoms with Crippen LogP contribution in [0.3, 0.4) is 0 Å². The number of nitrogens with one attached hydrogen (secondary N) is 2. The normalized spacial score (nSPS) is 13.4. The Morgan fingerprint density at radius 3 is 2.25 bits per heavy atom. The van der Waals surface area contributed by atoms with E-state index in [9.17, 15) is 9.59 Å². The zero-order valence-corrected chi connectivity index (χ0v) is 12.4. The predicted octanol–water partition coefficient (Wildman–Crippen LogP) is 2.92. The highest BCUT2D eigenvalue weighted by molar-refractivity contribution is 5.93. The minimum Gasteiger partial charge on any atom is -0.480 e. The minimum absolute atomic E-state index is 0.129. The van der Waals surface area contributed by atoms with Gasteiger partial charge in [-0.1, -0.05) is 38.5 Å². The van der Waals surface area contributed by atoms with Crippen LogP contribution in [-0.2, 0) is 4.79 Å². The summed E-state index contributed by atoms with van der Waals surface area (Å²) < 4.78 is 0. The van der Waals surface area contributed by atoms with Crippen LogP contribution < -0.4 is 10.6 Å². The molecule has 0 aromatic heterocycles. The summed E-state index contributed by atoms with van der Waals surface area (Å²) in [7, 11) is 0. The second-order valence-corrected chi connectivity index (χ2v) is 5.07. The van der Waals surface area contributed by atoms with Crippen molar-refractivity contribution in [3.8, 4) is 0 Å². The Morgan fingerprint density at radius 2 is 1.80 bits per heavy atom.